The third-order valence-electron chi connectivity index (χ3n) is 10.9. The van der Waals surface area contributed by atoms with E-state index in [1.807, 2.05) is 0 Å². The minimum atomic E-state index is -1.62. The molecule has 15 N–H and O–H groups in total. The number of aliphatic imine (C=N–C) groups is 1. The molecule has 0 aromatic heterocycles. The fourth-order valence-corrected chi connectivity index (χ4v) is 7.21. The number of carbonyl (C=O) groups is 6. The molecular formula is C46H80N8O24. The van der Waals surface area contributed by atoms with Crippen molar-refractivity contribution >= 4 is 41.5 Å². The second-order valence-electron chi connectivity index (χ2n) is 16.9. The molecule has 32 heteroatoms. The number of carboxylic acid groups (broad SMARTS) is 2. The molecule has 0 aliphatic carbocycles. The Kier molecular flexibility index (Phi) is 36.6. The number of hydrogen-bond donors (Lipinski definition) is 12. The molecule has 0 aromatic carbocycles. The number of amides is 4. The highest BCUT2D eigenvalue weighted by atomic mass is 16.6. The van der Waals surface area contributed by atoms with E-state index in [4.69, 9.17) is 69.5 Å². The number of nitrogens with two attached hydrogens (primary N) is 3. The lowest BCUT2D eigenvalue weighted by Gasteiger charge is -2.37. The Bertz CT molecular complexity index is 1850. The van der Waals surface area contributed by atoms with E-state index in [0.717, 1.165) is 0 Å². The van der Waals surface area contributed by atoms with Crippen LogP contribution in [0.25, 0.3) is 0 Å². The Morgan fingerprint density at radius 3 is 1.63 bits per heavy atom. The summed E-state index contributed by atoms with van der Waals surface area (Å²) in [5.41, 5.74) is 10.9. The van der Waals surface area contributed by atoms with Crippen LogP contribution in [0.4, 0.5) is 0 Å². The van der Waals surface area contributed by atoms with Crippen LogP contribution in [0.1, 0.15) is 26.2 Å². The molecule has 0 aromatic rings. The zero-order chi connectivity index (χ0) is 57.5. The van der Waals surface area contributed by atoms with E-state index in [1.165, 1.54) is 24.0 Å². The molecule has 0 saturated heterocycles. The number of carbonyl (C=O) groups excluding carboxylic acids is 4. The van der Waals surface area contributed by atoms with Gasteiger partial charge in [0, 0.05) is 39.5 Å². The van der Waals surface area contributed by atoms with E-state index in [1.54, 1.807) is 0 Å². The van der Waals surface area contributed by atoms with Crippen molar-refractivity contribution in [3.63, 3.8) is 0 Å². The summed E-state index contributed by atoms with van der Waals surface area (Å²) in [4.78, 5) is 83.6. The third-order valence-corrected chi connectivity index (χ3v) is 10.9. The highest BCUT2D eigenvalue weighted by molar-refractivity contribution is 5.85. The standard InChI is InChI=1S/C46H80N8O24/c1-30(57)52-32-2-3-35(44(63)64)78-41(32)43(34(59)27-56)75-29-39(61)51-6-11-69-13-8-54(40(62)4-9-67-14-15-70-16-17-71-18-19-72-20-21-73-22-23-76-49)7-12-68-10-5-50-38(60)28-74-42(33(58)26-55)36-24-31(53-46(47)48)25-37(77-36)45(65)66/h3,25,31-34,36,41-43,55-56,58-59H,2,4-24,26-29,49H2,1H3,(H,50,60)(H,51,61)(H,52,57)(H,63,64)(H,65,66)(H4,47,48,53)/t31-,32-,33-,34-,36-,41-,42-,43-/m1/s1. The number of aliphatic carboxylic acids is 2. The van der Waals surface area contributed by atoms with Gasteiger partial charge in [0.2, 0.25) is 35.1 Å². The largest absolute Gasteiger partial charge is 0.480 e. The predicted molar refractivity (Wildman–Crippen MR) is 266 cm³/mol. The zero-order valence-electron chi connectivity index (χ0n) is 43.8. The number of rotatable bonds is 46. The van der Waals surface area contributed by atoms with Crippen LogP contribution in [0.5, 0.6) is 0 Å². The Labute approximate surface area is 450 Å². The maximum atomic E-state index is 13.3. The van der Waals surface area contributed by atoms with Gasteiger partial charge in [-0.15, -0.1) is 0 Å². The van der Waals surface area contributed by atoms with Crippen molar-refractivity contribution in [1.29, 1.82) is 0 Å². The van der Waals surface area contributed by atoms with E-state index < -0.39 is 116 Å². The third kappa shape index (κ3) is 30.1. The molecule has 0 radical (unpaired) electrons. The van der Waals surface area contributed by atoms with Crippen molar-refractivity contribution in [2.24, 2.45) is 22.4 Å². The second-order valence-corrected chi connectivity index (χ2v) is 16.9. The predicted octanol–water partition coefficient (Wildman–Crippen LogP) is -6.42. The lowest BCUT2D eigenvalue weighted by Crippen LogP contribution is -2.56. The van der Waals surface area contributed by atoms with Crippen molar-refractivity contribution in [3.05, 3.63) is 23.7 Å². The first-order chi connectivity index (χ1) is 37.5. The van der Waals surface area contributed by atoms with Crippen LogP contribution < -0.4 is 33.3 Å². The van der Waals surface area contributed by atoms with Gasteiger partial charge < -0.3 is 120 Å². The summed E-state index contributed by atoms with van der Waals surface area (Å²) in [7, 11) is 0. The van der Waals surface area contributed by atoms with E-state index in [-0.39, 0.29) is 104 Å². The lowest BCUT2D eigenvalue weighted by molar-refractivity contribution is -0.158. The molecule has 0 fully saturated rings. The molecule has 448 valence electrons. The van der Waals surface area contributed by atoms with Gasteiger partial charge in [0.05, 0.1) is 131 Å². The number of carboxylic acids is 2. The minimum absolute atomic E-state index is 0.000870. The van der Waals surface area contributed by atoms with Gasteiger partial charge >= 0.3 is 11.9 Å². The van der Waals surface area contributed by atoms with Gasteiger partial charge in [-0.1, -0.05) is 0 Å². The van der Waals surface area contributed by atoms with E-state index in [2.05, 4.69) is 25.8 Å². The van der Waals surface area contributed by atoms with Crippen molar-refractivity contribution < 1.29 is 116 Å². The minimum Gasteiger partial charge on any atom is -0.480 e. The van der Waals surface area contributed by atoms with E-state index >= 15 is 0 Å². The summed E-state index contributed by atoms with van der Waals surface area (Å²) in [5.74, 6) is -1.29. The topological polar surface area (TPSA) is 464 Å². The normalized spacial score (nSPS) is 18.6. The Hall–Kier alpha value is -5.43. The fourth-order valence-electron chi connectivity index (χ4n) is 7.21. The van der Waals surface area contributed by atoms with E-state index in [0.29, 0.717) is 52.9 Å². The molecule has 0 bridgehead atoms. The molecule has 2 heterocycles. The first-order valence-electron chi connectivity index (χ1n) is 25.1. The number of nitrogens with zero attached hydrogens (tertiary/aromatic N) is 2. The van der Waals surface area contributed by atoms with Crippen LogP contribution in [-0.2, 0) is 85.7 Å². The van der Waals surface area contributed by atoms with Crippen LogP contribution in [-0.4, -0.2) is 277 Å². The molecule has 4 amide bonds. The molecule has 0 unspecified atom stereocenters. The number of nitrogens with one attached hydrogen (secondary N) is 3. The van der Waals surface area contributed by atoms with Crippen LogP contribution in [0, 0.1) is 0 Å². The van der Waals surface area contributed by atoms with Gasteiger partial charge in [0.15, 0.2) is 5.96 Å². The molecule has 0 spiro atoms. The molecule has 78 heavy (non-hydrogen) atoms. The fraction of sp³-hybridized carbons (Fsp3) is 0.761. The summed E-state index contributed by atoms with van der Waals surface area (Å²) in [6.07, 6.45) is -6.03. The molecule has 8 atom stereocenters. The van der Waals surface area contributed by atoms with Gasteiger partial charge in [-0.2, -0.15) is 0 Å². The number of ether oxygens (including phenoxy) is 11. The van der Waals surface area contributed by atoms with Gasteiger partial charge in [-0.25, -0.2) is 20.5 Å². The van der Waals surface area contributed by atoms with Gasteiger partial charge in [0.25, 0.3) is 0 Å². The molecule has 2 rings (SSSR count). The Morgan fingerprint density at radius 2 is 1.15 bits per heavy atom. The Balaban J connectivity index is 1.85. The molecule has 2 aliphatic rings. The monoisotopic (exact) mass is 1130 g/mol. The second kappa shape index (κ2) is 41.6. The quantitative estimate of drug-likeness (QED) is 0.0117. The maximum absolute atomic E-state index is 13.3. The zero-order valence-corrected chi connectivity index (χ0v) is 43.8. The summed E-state index contributed by atoms with van der Waals surface area (Å²) in [5, 5.41) is 67.0. The number of aliphatic hydroxyl groups is 4. The first kappa shape index (κ1) is 68.7. The van der Waals surface area contributed by atoms with Gasteiger partial charge in [-0.3, -0.25) is 19.2 Å². The van der Waals surface area contributed by atoms with Gasteiger partial charge in [0.1, 0.15) is 49.8 Å². The molecule has 2 aliphatic heterocycles. The maximum Gasteiger partial charge on any atom is 0.370 e. The molecule has 0 saturated carbocycles. The number of aliphatic hydroxyl groups excluding tert-OH is 4. The lowest BCUT2D eigenvalue weighted by atomic mass is 9.95. The summed E-state index contributed by atoms with van der Waals surface area (Å²) < 4.78 is 60.6. The number of guanidine groups is 1. The van der Waals surface area contributed by atoms with E-state index in [9.17, 15) is 59.4 Å². The van der Waals surface area contributed by atoms with Crippen LogP contribution in [0.15, 0.2) is 28.7 Å². The van der Waals surface area contributed by atoms with Gasteiger partial charge in [-0.05, 0) is 18.6 Å². The molecular weight excluding hydrogens is 1050 g/mol. The van der Waals surface area contributed by atoms with Crippen molar-refractivity contribution in [2.45, 2.75) is 74.9 Å². The highest BCUT2D eigenvalue weighted by Crippen LogP contribution is 2.26. The number of hydrogen-bond acceptors (Lipinski definition) is 24. The molecule has 32 nitrogen and oxygen atoms in total. The Morgan fingerprint density at radius 1 is 0.679 bits per heavy atom. The SMILES string of the molecule is CC(=O)N[C@@H]1CC=C(C(=O)O)O[C@H]1[C@H](OCC(=O)NCCOCCN(CCOCCNC(=O)CO[C@H]([C@H](O)CO)[C@H]1C[C@@H](N=C(N)N)C=C(C(=O)O)O1)C(=O)CCOCCOCCOCCOCCOCCON)[C@H](O)CO. The van der Waals surface area contributed by atoms with Crippen LogP contribution >= 0.6 is 0 Å². The average Bonchev–Trinajstić information content (AvgIpc) is 3.40. The smallest absolute Gasteiger partial charge is 0.370 e. The summed E-state index contributed by atoms with van der Waals surface area (Å²) in [6, 6.07) is -1.70. The van der Waals surface area contributed by atoms with Crippen LogP contribution in [0.3, 0.4) is 0 Å². The summed E-state index contributed by atoms with van der Waals surface area (Å²) >= 11 is 0. The van der Waals surface area contributed by atoms with Crippen molar-refractivity contribution in [2.75, 3.05) is 152 Å². The highest BCUT2D eigenvalue weighted by Gasteiger charge is 2.41. The first-order valence-corrected chi connectivity index (χ1v) is 25.1. The average molecular weight is 1130 g/mol. The van der Waals surface area contributed by atoms with Crippen LogP contribution in [0.2, 0.25) is 0 Å². The summed E-state index contributed by atoms with van der Waals surface area (Å²) in [6.45, 7) is 2.03. The van der Waals surface area contributed by atoms with Crippen molar-refractivity contribution in [1.82, 2.24) is 20.9 Å². The van der Waals surface area contributed by atoms with Crippen molar-refractivity contribution in [3.8, 4) is 0 Å².